The van der Waals surface area contributed by atoms with E-state index in [1.54, 1.807) is 11.0 Å². The van der Waals surface area contributed by atoms with Crippen molar-refractivity contribution in [1.82, 2.24) is 19.4 Å². The highest BCUT2D eigenvalue weighted by Crippen LogP contribution is 2.24. The van der Waals surface area contributed by atoms with Gasteiger partial charge in [-0.05, 0) is 38.1 Å². The fourth-order valence-corrected chi connectivity index (χ4v) is 4.63. The van der Waals surface area contributed by atoms with Crippen molar-refractivity contribution in [2.75, 3.05) is 39.4 Å². The first-order valence-electron chi connectivity index (χ1n) is 11.4. The summed E-state index contributed by atoms with van der Waals surface area (Å²) < 4.78 is 13.3. The van der Waals surface area contributed by atoms with Gasteiger partial charge in [-0.15, -0.1) is 0 Å². The summed E-state index contributed by atoms with van der Waals surface area (Å²) in [5, 5.41) is 0.598. The maximum atomic E-state index is 13.1. The van der Waals surface area contributed by atoms with Crippen LogP contribution in [0.3, 0.4) is 0 Å². The van der Waals surface area contributed by atoms with E-state index in [0.717, 1.165) is 55.4 Å². The van der Waals surface area contributed by atoms with Crippen LogP contribution in [-0.4, -0.2) is 64.7 Å². The Bertz CT molecular complexity index is 1280. The Morgan fingerprint density at radius 1 is 1.12 bits per heavy atom. The van der Waals surface area contributed by atoms with Crippen molar-refractivity contribution in [3.05, 3.63) is 69.7 Å². The summed E-state index contributed by atoms with van der Waals surface area (Å²) in [5.74, 6) is 1.74. The van der Waals surface area contributed by atoms with E-state index >= 15 is 0 Å². The van der Waals surface area contributed by atoms with Gasteiger partial charge in [0, 0.05) is 50.4 Å². The molecule has 0 bridgehead atoms. The third kappa shape index (κ3) is 4.24. The van der Waals surface area contributed by atoms with Crippen LogP contribution in [0.15, 0.2) is 45.6 Å². The predicted octanol–water partition coefficient (Wildman–Crippen LogP) is 2.83. The maximum absolute atomic E-state index is 13.1. The van der Waals surface area contributed by atoms with Crippen LogP contribution in [0, 0.1) is 13.8 Å². The average Bonchev–Trinajstić information content (AvgIpc) is 3.20. The van der Waals surface area contributed by atoms with Gasteiger partial charge in [0.15, 0.2) is 5.76 Å². The Labute approximate surface area is 192 Å². The number of furan rings is 1. The summed E-state index contributed by atoms with van der Waals surface area (Å²) in [6, 6.07) is 9.39. The molecule has 5 rings (SSSR count). The number of fused-ring (bicyclic) bond motifs is 1. The van der Waals surface area contributed by atoms with Crippen LogP contribution in [0.4, 0.5) is 0 Å². The first-order valence-corrected chi connectivity index (χ1v) is 11.4. The van der Waals surface area contributed by atoms with Gasteiger partial charge < -0.3 is 18.6 Å². The topological polar surface area (TPSA) is 80.8 Å². The molecule has 8 heteroatoms. The monoisotopic (exact) mass is 448 g/mol. The molecule has 0 radical (unpaired) electrons. The zero-order chi connectivity index (χ0) is 22.9. The number of hydrogen-bond donors (Lipinski definition) is 0. The molecule has 2 aromatic heterocycles. The first kappa shape index (κ1) is 21.6. The molecule has 0 unspecified atom stereocenters. The van der Waals surface area contributed by atoms with Gasteiger partial charge in [0.2, 0.25) is 0 Å². The number of ether oxygens (including phenoxy) is 1. The van der Waals surface area contributed by atoms with Crippen LogP contribution in [0.25, 0.3) is 16.6 Å². The minimum absolute atomic E-state index is 0.0961. The summed E-state index contributed by atoms with van der Waals surface area (Å²) in [5.41, 5.74) is 2.72. The number of amides is 1. The highest BCUT2D eigenvalue weighted by molar-refractivity contribution is 5.92. The first-order chi connectivity index (χ1) is 16.0. The Kier molecular flexibility index (Phi) is 5.86. The normalized spacial score (nSPS) is 17.4. The van der Waals surface area contributed by atoms with E-state index in [1.807, 2.05) is 48.8 Å². The van der Waals surface area contributed by atoms with Gasteiger partial charge in [-0.25, -0.2) is 0 Å². The minimum Gasteiger partial charge on any atom is -0.456 e. The molecule has 4 heterocycles. The number of morpholine rings is 1. The molecule has 172 valence electrons. The van der Waals surface area contributed by atoms with E-state index in [4.69, 9.17) is 9.15 Å². The summed E-state index contributed by atoms with van der Waals surface area (Å²) in [7, 11) is 0. The van der Waals surface area contributed by atoms with Gasteiger partial charge in [0.25, 0.3) is 11.5 Å². The SMILES string of the molecule is Cc1oc(C(=O)N2CC=C(n3c(C)nc(=O)c4ccccc43)CC2)cc1CN1CCOCC1. The Morgan fingerprint density at radius 2 is 1.91 bits per heavy atom. The summed E-state index contributed by atoms with van der Waals surface area (Å²) >= 11 is 0. The second-order valence-electron chi connectivity index (χ2n) is 8.59. The van der Waals surface area contributed by atoms with Crippen molar-refractivity contribution in [1.29, 1.82) is 0 Å². The van der Waals surface area contributed by atoms with Gasteiger partial charge in [-0.2, -0.15) is 4.98 Å². The molecule has 3 aromatic rings. The quantitative estimate of drug-likeness (QED) is 0.611. The van der Waals surface area contributed by atoms with Gasteiger partial charge >= 0.3 is 0 Å². The zero-order valence-corrected chi connectivity index (χ0v) is 19.0. The van der Waals surface area contributed by atoms with Crippen molar-refractivity contribution in [3.63, 3.8) is 0 Å². The second-order valence-corrected chi connectivity index (χ2v) is 8.59. The molecule has 33 heavy (non-hydrogen) atoms. The number of para-hydroxylation sites is 1. The number of rotatable bonds is 4. The lowest BCUT2D eigenvalue weighted by molar-refractivity contribution is 0.0340. The van der Waals surface area contributed by atoms with Crippen molar-refractivity contribution in [2.45, 2.75) is 26.8 Å². The molecule has 1 fully saturated rings. The third-order valence-electron chi connectivity index (χ3n) is 6.45. The van der Waals surface area contributed by atoms with E-state index in [0.29, 0.717) is 36.5 Å². The van der Waals surface area contributed by atoms with E-state index in [9.17, 15) is 9.59 Å². The minimum atomic E-state index is -0.214. The average molecular weight is 449 g/mol. The maximum Gasteiger partial charge on any atom is 0.289 e. The molecule has 2 aliphatic heterocycles. The van der Waals surface area contributed by atoms with Crippen LogP contribution in [0.2, 0.25) is 0 Å². The molecular weight excluding hydrogens is 420 g/mol. The van der Waals surface area contributed by atoms with Crippen LogP contribution >= 0.6 is 0 Å². The molecule has 0 atom stereocenters. The van der Waals surface area contributed by atoms with Crippen LogP contribution in [0.1, 0.15) is 34.1 Å². The summed E-state index contributed by atoms with van der Waals surface area (Å²) in [6.07, 6.45) is 2.71. The van der Waals surface area contributed by atoms with E-state index in [-0.39, 0.29) is 11.5 Å². The van der Waals surface area contributed by atoms with Crippen LogP contribution in [-0.2, 0) is 11.3 Å². The number of carbonyl (C=O) groups is 1. The lowest BCUT2D eigenvalue weighted by Crippen LogP contribution is -2.36. The van der Waals surface area contributed by atoms with Gasteiger partial charge in [-0.3, -0.25) is 14.5 Å². The molecule has 0 saturated carbocycles. The molecule has 0 N–H and O–H groups in total. The number of nitrogens with zero attached hydrogens (tertiary/aromatic N) is 4. The van der Waals surface area contributed by atoms with Gasteiger partial charge in [0.1, 0.15) is 11.6 Å². The van der Waals surface area contributed by atoms with Crippen molar-refractivity contribution in [3.8, 4) is 0 Å². The highest BCUT2D eigenvalue weighted by atomic mass is 16.5. The Balaban J connectivity index is 1.34. The standard InChI is InChI=1S/C25H28N4O4/c1-17-19(16-27-11-13-32-14-12-27)15-23(33-17)25(31)28-9-7-20(8-10-28)29-18(2)26-24(30)21-5-3-4-6-22(21)29/h3-7,15H,8-14,16H2,1-2H3. The molecule has 2 aliphatic rings. The molecule has 8 nitrogen and oxygen atoms in total. The Hall–Kier alpha value is -3.23. The number of aryl methyl sites for hydroxylation is 2. The zero-order valence-electron chi connectivity index (χ0n) is 19.0. The van der Waals surface area contributed by atoms with Crippen molar-refractivity contribution >= 4 is 22.5 Å². The largest absolute Gasteiger partial charge is 0.456 e. The number of aromatic nitrogens is 2. The number of benzene rings is 1. The highest BCUT2D eigenvalue weighted by Gasteiger charge is 2.25. The van der Waals surface area contributed by atoms with E-state index in [2.05, 4.69) is 9.88 Å². The lowest BCUT2D eigenvalue weighted by Gasteiger charge is -2.28. The molecule has 0 aliphatic carbocycles. The Morgan fingerprint density at radius 3 is 2.67 bits per heavy atom. The molecule has 1 saturated heterocycles. The van der Waals surface area contributed by atoms with Crippen molar-refractivity contribution in [2.24, 2.45) is 0 Å². The fraction of sp³-hybridized carbons (Fsp3) is 0.400. The molecule has 0 spiro atoms. The summed E-state index contributed by atoms with van der Waals surface area (Å²) in [6.45, 7) is 8.84. The van der Waals surface area contributed by atoms with Gasteiger partial charge in [0.05, 0.1) is 24.1 Å². The molecule has 1 amide bonds. The van der Waals surface area contributed by atoms with E-state index in [1.165, 1.54) is 0 Å². The smallest absolute Gasteiger partial charge is 0.289 e. The fourth-order valence-electron chi connectivity index (χ4n) is 4.63. The lowest BCUT2D eigenvalue weighted by atomic mass is 10.1. The van der Waals surface area contributed by atoms with E-state index < -0.39 is 0 Å². The predicted molar refractivity (Wildman–Crippen MR) is 125 cm³/mol. The molecule has 1 aromatic carbocycles. The second kappa shape index (κ2) is 8.96. The number of hydrogen-bond acceptors (Lipinski definition) is 6. The van der Waals surface area contributed by atoms with Gasteiger partial charge in [-0.1, -0.05) is 12.1 Å². The molecular formula is C25H28N4O4. The van der Waals surface area contributed by atoms with Crippen molar-refractivity contribution < 1.29 is 13.9 Å². The third-order valence-corrected chi connectivity index (χ3v) is 6.45. The van der Waals surface area contributed by atoms with Crippen LogP contribution < -0.4 is 5.56 Å². The summed E-state index contributed by atoms with van der Waals surface area (Å²) in [4.78, 5) is 33.7. The van der Waals surface area contributed by atoms with Crippen LogP contribution in [0.5, 0.6) is 0 Å². The number of carbonyl (C=O) groups excluding carboxylic acids is 1.